The number of hydroxylamine groups is 2. The van der Waals surface area contributed by atoms with Crippen LogP contribution in [-0.2, 0) is 25.8 Å². The van der Waals surface area contributed by atoms with E-state index in [1.54, 1.807) is 24.3 Å². The maximum atomic E-state index is 13.1. The van der Waals surface area contributed by atoms with E-state index in [-0.39, 0.29) is 31.3 Å². The molecule has 1 saturated heterocycles. The summed E-state index contributed by atoms with van der Waals surface area (Å²) in [4.78, 5) is 55.4. The molecule has 2 heterocycles. The van der Waals surface area contributed by atoms with Crippen molar-refractivity contribution in [2.45, 2.75) is 50.5 Å². The number of carbonyl (C=O) groups excluding carboxylic acids is 3. The fourth-order valence-electron chi connectivity index (χ4n) is 4.33. The van der Waals surface area contributed by atoms with Crippen LogP contribution >= 0.6 is 0 Å². The summed E-state index contributed by atoms with van der Waals surface area (Å²) in [6, 6.07) is 13.6. The topological polar surface area (TPSA) is 147 Å². The van der Waals surface area contributed by atoms with Crippen molar-refractivity contribution in [1.29, 1.82) is 0 Å². The summed E-state index contributed by atoms with van der Waals surface area (Å²) in [5.41, 5.74) is 2.21. The minimum Gasteiger partial charge on any atom is -0.360 e. The third kappa shape index (κ3) is 7.14. The van der Waals surface area contributed by atoms with Gasteiger partial charge in [-0.05, 0) is 36.8 Å². The van der Waals surface area contributed by atoms with Crippen LogP contribution in [0.25, 0.3) is 11.4 Å². The number of H-pyrrole nitrogens is 1. The molecule has 3 aromatic rings. The molecule has 0 spiro atoms. The molecule has 2 amide bonds. The van der Waals surface area contributed by atoms with Gasteiger partial charge < -0.3 is 15.5 Å². The minimum absolute atomic E-state index is 0.0818. The maximum Gasteiger partial charge on any atom is 0.492 e. The fourth-order valence-corrected chi connectivity index (χ4v) is 4.33. The zero-order chi connectivity index (χ0) is 28.9. The van der Waals surface area contributed by atoms with Crippen molar-refractivity contribution in [3.63, 3.8) is 0 Å². The lowest BCUT2D eigenvalue weighted by molar-refractivity contribution is -0.249. The van der Waals surface area contributed by atoms with Gasteiger partial charge in [-0.3, -0.25) is 19.1 Å². The second kappa shape index (κ2) is 12.2. The van der Waals surface area contributed by atoms with Crippen molar-refractivity contribution in [2.24, 2.45) is 0 Å². The highest BCUT2D eigenvalue weighted by molar-refractivity contribution is 5.89. The van der Waals surface area contributed by atoms with Gasteiger partial charge in [0, 0.05) is 18.7 Å². The molecular weight excluding hydrogens is 535 g/mol. The Bertz CT molecular complexity index is 1390. The highest BCUT2D eigenvalue weighted by Crippen LogP contribution is 2.32. The largest absolute Gasteiger partial charge is 0.492 e. The maximum absolute atomic E-state index is 13.1. The highest BCUT2D eigenvalue weighted by Gasteiger charge is 2.45. The van der Waals surface area contributed by atoms with Gasteiger partial charge in [0.25, 0.3) is 0 Å². The molecule has 2 aromatic carbocycles. The first-order chi connectivity index (χ1) is 19.0. The molecule has 0 radical (unpaired) electrons. The lowest BCUT2D eigenvalue weighted by Gasteiger charge is -2.37. The molecule has 14 heteroatoms. The van der Waals surface area contributed by atoms with Crippen molar-refractivity contribution in [3.05, 3.63) is 76.3 Å². The van der Waals surface area contributed by atoms with E-state index in [1.807, 2.05) is 30.3 Å². The van der Waals surface area contributed by atoms with Gasteiger partial charge in [-0.15, -0.1) is 5.06 Å². The van der Waals surface area contributed by atoms with E-state index < -0.39 is 41.8 Å². The van der Waals surface area contributed by atoms with E-state index >= 15 is 0 Å². The second-order valence-corrected chi connectivity index (χ2v) is 9.25. The van der Waals surface area contributed by atoms with Crippen molar-refractivity contribution >= 4 is 17.8 Å². The standard InChI is InChI=1S/C26H26F3N5O6/c1-15(22(35)30-14-16-7-9-18(10-8-16)21-32-25(38)39-33-21)31-23(36)20-13-19(17-5-3-2-4-6-17)11-12-34(20)40-24(37)26(27,28)29/h2-10,15,19-20H,11-14H2,1H3,(H,30,35)(H,31,36)(H,32,33,38)/t15-,19-,20+/m0/s1. The van der Waals surface area contributed by atoms with Crippen molar-refractivity contribution in [1.82, 2.24) is 25.8 Å². The molecule has 4 rings (SSSR count). The van der Waals surface area contributed by atoms with Crippen LogP contribution in [0.4, 0.5) is 13.2 Å². The Balaban J connectivity index is 1.37. The number of aromatic nitrogens is 2. The quantitative estimate of drug-likeness (QED) is 0.380. The van der Waals surface area contributed by atoms with Gasteiger partial charge in [0.2, 0.25) is 11.8 Å². The number of hydrogen-bond donors (Lipinski definition) is 3. The number of carbonyl (C=O) groups is 3. The van der Waals surface area contributed by atoms with Gasteiger partial charge >= 0.3 is 17.9 Å². The lowest BCUT2D eigenvalue weighted by Crippen LogP contribution is -2.55. The first-order valence-electron chi connectivity index (χ1n) is 12.4. The Morgan fingerprint density at radius 3 is 2.48 bits per heavy atom. The third-order valence-corrected chi connectivity index (χ3v) is 6.45. The molecule has 0 unspecified atom stereocenters. The molecule has 1 aromatic heterocycles. The van der Waals surface area contributed by atoms with E-state index in [0.29, 0.717) is 17.5 Å². The minimum atomic E-state index is -5.23. The molecule has 0 aliphatic carbocycles. The Hall–Kier alpha value is -4.46. The van der Waals surface area contributed by atoms with Crippen LogP contribution in [0.1, 0.15) is 36.8 Å². The summed E-state index contributed by atoms with van der Waals surface area (Å²) < 4.78 is 43.0. The SMILES string of the molecule is C[C@H](NC(=O)[C@H]1C[C@@H](c2ccccc2)CCN1OC(=O)C(F)(F)F)C(=O)NCc1ccc(-c2noc(=O)[nH]2)cc1. The zero-order valence-electron chi connectivity index (χ0n) is 21.2. The first-order valence-corrected chi connectivity index (χ1v) is 12.4. The van der Waals surface area contributed by atoms with Gasteiger partial charge in [-0.1, -0.05) is 59.8 Å². The number of aromatic amines is 1. The number of benzene rings is 2. The monoisotopic (exact) mass is 561 g/mol. The fraction of sp³-hybridized carbons (Fsp3) is 0.346. The smallest absolute Gasteiger partial charge is 0.360 e. The summed E-state index contributed by atoms with van der Waals surface area (Å²) in [5, 5.41) is 9.52. The summed E-state index contributed by atoms with van der Waals surface area (Å²) in [7, 11) is 0. The first kappa shape index (κ1) is 28.5. The van der Waals surface area contributed by atoms with Crippen LogP contribution in [-0.4, -0.2) is 57.8 Å². The Morgan fingerprint density at radius 1 is 1.15 bits per heavy atom. The van der Waals surface area contributed by atoms with E-state index in [2.05, 4.69) is 30.1 Å². The number of halogens is 3. The number of nitrogens with zero attached hydrogens (tertiary/aromatic N) is 2. The van der Waals surface area contributed by atoms with Crippen LogP contribution in [0.15, 0.2) is 63.9 Å². The van der Waals surface area contributed by atoms with E-state index in [0.717, 1.165) is 10.6 Å². The van der Waals surface area contributed by atoms with Gasteiger partial charge in [0.15, 0.2) is 5.82 Å². The van der Waals surface area contributed by atoms with Crippen LogP contribution < -0.4 is 16.4 Å². The van der Waals surface area contributed by atoms with Gasteiger partial charge in [-0.2, -0.15) is 13.2 Å². The number of amides is 2. The van der Waals surface area contributed by atoms with E-state index in [1.165, 1.54) is 6.92 Å². The average Bonchev–Trinajstić information content (AvgIpc) is 3.38. The summed E-state index contributed by atoms with van der Waals surface area (Å²) in [6.45, 7) is 1.45. The lowest BCUT2D eigenvalue weighted by atomic mass is 9.86. The average molecular weight is 562 g/mol. The molecule has 1 aliphatic heterocycles. The molecule has 1 fully saturated rings. The number of rotatable bonds is 8. The number of alkyl halides is 3. The molecule has 40 heavy (non-hydrogen) atoms. The molecule has 3 atom stereocenters. The molecule has 212 valence electrons. The normalized spacial score (nSPS) is 18.5. The number of hydrogen-bond acceptors (Lipinski definition) is 8. The molecule has 1 aliphatic rings. The predicted octanol–water partition coefficient (Wildman–Crippen LogP) is 2.42. The molecular formula is C26H26F3N5O6. The van der Waals surface area contributed by atoms with Crippen LogP contribution in [0.3, 0.4) is 0 Å². The molecule has 0 bridgehead atoms. The molecule has 0 saturated carbocycles. The Kier molecular flexibility index (Phi) is 8.67. The number of piperidine rings is 1. The van der Waals surface area contributed by atoms with Gasteiger partial charge in [0.05, 0.1) is 0 Å². The zero-order valence-corrected chi connectivity index (χ0v) is 21.2. The number of nitrogens with one attached hydrogen (secondary N) is 3. The Labute approximate surface area is 225 Å². The molecule has 3 N–H and O–H groups in total. The second-order valence-electron chi connectivity index (χ2n) is 9.25. The third-order valence-electron chi connectivity index (χ3n) is 6.45. The predicted molar refractivity (Wildman–Crippen MR) is 133 cm³/mol. The summed E-state index contributed by atoms with van der Waals surface area (Å²) in [6.07, 6.45) is -4.78. The van der Waals surface area contributed by atoms with E-state index in [4.69, 9.17) is 0 Å². The van der Waals surface area contributed by atoms with Gasteiger partial charge in [-0.25, -0.2) is 9.59 Å². The van der Waals surface area contributed by atoms with Crippen molar-refractivity contribution in [2.75, 3.05) is 6.54 Å². The molecule has 11 nitrogen and oxygen atoms in total. The Morgan fingerprint density at radius 2 is 1.85 bits per heavy atom. The van der Waals surface area contributed by atoms with Crippen LogP contribution in [0.2, 0.25) is 0 Å². The van der Waals surface area contributed by atoms with Crippen LogP contribution in [0, 0.1) is 0 Å². The summed E-state index contributed by atoms with van der Waals surface area (Å²) in [5.74, 6) is -4.30. The van der Waals surface area contributed by atoms with Crippen molar-refractivity contribution in [3.8, 4) is 11.4 Å². The highest BCUT2D eigenvalue weighted by atomic mass is 19.4. The van der Waals surface area contributed by atoms with Crippen molar-refractivity contribution < 1.29 is 36.9 Å². The van der Waals surface area contributed by atoms with E-state index in [9.17, 15) is 32.3 Å². The van der Waals surface area contributed by atoms with Crippen LogP contribution in [0.5, 0.6) is 0 Å². The summed E-state index contributed by atoms with van der Waals surface area (Å²) >= 11 is 0. The van der Waals surface area contributed by atoms with Gasteiger partial charge in [0.1, 0.15) is 12.1 Å².